The molecule has 1 fully saturated rings. The van der Waals surface area contributed by atoms with E-state index < -0.39 is 0 Å². The van der Waals surface area contributed by atoms with Crippen LogP contribution in [-0.4, -0.2) is 53.6 Å². The molecule has 25 heavy (non-hydrogen) atoms. The molecule has 8 heteroatoms. The van der Waals surface area contributed by atoms with E-state index in [1.165, 1.54) is 6.33 Å². The number of hydrogen-bond donors (Lipinski definition) is 1. The maximum atomic E-state index is 12.7. The number of urea groups is 1. The number of nitrogens with one attached hydrogen (secondary N) is 1. The third-order valence-corrected chi connectivity index (χ3v) is 4.20. The summed E-state index contributed by atoms with van der Waals surface area (Å²) in [5, 5.41) is 2.86. The number of hydrogen-bond acceptors (Lipinski definition) is 6. The minimum Gasteiger partial charge on any atom is -0.495 e. The SMILES string of the molecule is COc1ccc(C2CCCN2C(=O)Nc2cc(N(C)C)ncn2)nc1. The average Bonchev–Trinajstić information content (AvgIpc) is 3.12. The van der Waals surface area contributed by atoms with Gasteiger partial charge in [0.05, 0.1) is 25.0 Å². The van der Waals surface area contributed by atoms with Gasteiger partial charge in [-0.25, -0.2) is 14.8 Å². The second-order valence-electron chi connectivity index (χ2n) is 6.06. The van der Waals surface area contributed by atoms with E-state index in [2.05, 4.69) is 20.3 Å². The largest absolute Gasteiger partial charge is 0.495 e. The second-order valence-corrected chi connectivity index (χ2v) is 6.06. The van der Waals surface area contributed by atoms with E-state index in [-0.39, 0.29) is 12.1 Å². The number of aromatic nitrogens is 3. The van der Waals surface area contributed by atoms with Crippen molar-refractivity contribution in [3.8, 4) is 5.75 Å². The quantitative estimate of drug-likeness (QED) is 0.918. The van der Waals surface area contributed by atoms with Gasteiger partial charge in [-0.2, -0.15) is 0 Å². The van der Waals surface area contributed by atoms with Crippen LogP contribution in [0, 0.1) is 0 Å². The van der Waals surface area contributed by atoms with E-state index in [1.807, 2.05) is 31.1 Å². The number of amides is 2. The molecule has 0 aromatic carbocycles. The molecule has 0 bridgehead atoms. The Hall–Kier alpha value is -2.90. The number of carbonyl (C=O) groups is 1. The number of methoxy groups -OCH3 is 1. The highest BCUT2D eigenvalue weighted by Gasteiger charge is 2.31. The summed E-state index contributed by atoms with van der Waals surface area (Å²) in [5.74, 6) is 1.92. The highest BCUT2D eigenvalue weighted by Crippen LogP contribution is 2.31. The van der Waals surface area contributed by atoms with E-state index in [0.717, 1.165) is 24.4 Å². The molecule has 1 N–H and O–H groups in total. The zero-order chi connectivity index (χ0) is 17.8. The molecule has 0 saturated carbocycles. The Morgan fingerprint density at radius 3 is 2.84 bits per heavy atom. The van der Waals surface area contributed by atoms with Crippen LogP contribution in [0.2, 0.25) is 0 Å². The summed E-state index contributed by atoms with van der Waals surface area (Å²) in [6.07, 6.45) is 4.95. The van der Waals surface area contributed by atoms with Crippen molar-refractivity contribution >= 4 is 17.7 Å². The van der Waals surface area contributed by atoms with Crippen molar-refractivity contribution in [2.24, 2.45) is 0 Å². The minimum atomic E-state index is -0.177. The molecular weight excluding hydrogens is 320 g/mol. The first-order valence-electron chi connectivity index (χ1n) is 8.15. The molecule has 1 aliphatic heterocycles. The molecule has 0 aliphatic carbocycles. The van der Waals surface area contributed by atoms with Crippen LogP contribution in [0.4, 0.5) is 16.4 Å². The molecule has 2 aromatic heterocycles. The van der Waals surface area contributed by atoms with Crippen molar-refractivity contribution in [3.63, 3.8) is 0 Å². The summed E-state index contributed by atoms with van der Waals surface area (Å²) in [6.45, 7) is 0.690. The Balaban J connectivity index is 1.73. The Morgan fingerprint density at radius 1 is 1.32 bits per heavy atom. The van der Waals surface area contributed by atoms with E-state index in [0.29, 0.717) is 18.1 Å². The third-order valence-electron chi connectivity index (χ3n) is 4.20. The minimum absolute atomic E-state index is 0.0407. The Labute approximate surface area is 146 Å². The summed E-state index contributed by atoms with van der Waals surface area (Å²) in [6, 6.07) is 5.30. The molecule has 2 amide bonds. The highest BCUT2D eigenvalue weighted by molar-refractivity contribution is 5.89. The van der Waals surface area contributed by atoms with E-state index in [1.54, 1.807) is 24.3 Å². The lowest BCUT2D eigenvalue weighted by atomic mass is 10.1. The second kappa shape index (κ2) is 7.33. The van der Waals surface area contributed by atoms with Crippen LogP contribution in [0.15, 0.2) is 30.7 Å². The van der Waals surface area contributed by atoms with Crippen molar-refractivity contribution < 1.29 is 9.53 Å². The zero-order valence-corrected chi connectivity index (χ0v) is 14.6. The fraction of sp³-hybridized carbons (Fsp3) is 0.412. The lowest BCUT2D eigenvalue weighted by Crippen LogP contribution is -2.35. The predicted octanol–water partition coefficient (Wildman–Crippen LogP) is 2.32. The van der Waals surface area contributed by atoms with Crippen LogP contribution in [0.3, 0.4) is 0 Å². The van der Waals surface area contributed by atoms with Gasteiger partial charge in [0.2, 0.25) is 0 Å². The van der Waals surface area contributed by atoms with Gasteiger partial charge in [0.25, 0.3) is 0 Å². The van der Waals surface area contributed by atoms with Crippen molar-refractivity contribution in [2.45, 2.75) is 18.9 Å². The molecule has 1 saturated heterocycles. The topological polar surface area (TPSA) is 83.5 Å². The molecular formula is C17H22N6O2. The van der Waals surface area contributed by atoms with Crippen molar-refractivity contribution in [3.05, 3.63) is 36.4 Å². The van der Waals surface area contributed by atoms with Gasteiger partial charge in [0.15, 0.2) is 0 Å². The summed E-state index contributed by atoms with van der Waals surface area (Å²) < 4.78 is 5.14. The average molecular weight is 342 g/mol. The maximum absolute atomic E-state index is 12.7. The monoisotopic (exact) mass is 342 g/mol. The van der Waals surface area contributed by atoms with E-state index in [9.17, 15) is 4.79 Å². The van der Waals surface area contributed by atoms with Crippen molar-refractivity contribution in [2.75, 3.05) is 38.0 Å². The van der Waals surface area contributed by atoms with Crippen molar-refractivity contribution in [1.82, 2.24) is 19.9 Å². The number of anilines is 2. The lowest BCUT2D eigenvalue weighted by molar-refractivity contribution is 0.206. The summed E-state index contributed by atoms with van der Waals surface area (Å²) in [4.78, 5) is 29.1. The van der Waals surface area contributed by atoms with Crippen LogP contribution >= 0.6 is 0 Å². The lowest BCUT2D eigenvalue weighted by Gasteiger charge is -2.24. The van der Waals surface area contributed by atoms with Gasteiger partial charge in [-0.3, -0.25) is 10.3 Å². The number of carbonyl (C=O) groups excluding carboxylic acids is 1. The van der Waals surface area contributed by atoms with Crippen LogP contribution in [0.25, 0.3) is 0 Å². The summed E-state index contributed by atoms with van der Waals surface area (Å²) >= 11 is 0. The van der Waals surface area contributed by atoms with Gasteiger partial charge in [-0.05, 0) is 25.0 Å². The fourth-order valence-electron chi connectivity index (χ4n) is 2.87. The van der Waals surface area contributed by atoms with E-state index >= 15 is 0 Å². The maximum Gasteiger partial charge on any atom is 0.323 e. The Kier molecular flexibility index (Phi) is 4.97. The van der Waals surface area contributed by atoms with Crippen LogP contribution < -0.4 is 15.0 Å². The predicted molar refractivity (Wildman–Crippen MR) is 94.8 cm³/mol. The Bertz CT molecular complexity index is 734. The van der Waals surface area contributed by atoms with Gasteiger partial charge in [0.1, 0.15) is 23.7 Å². The Morgan fingerprint density at radius 2 is 2.16 bits per heavy atom. The highest BCUT2D eigenvalue weighted by atomic mass is 16.5. The molecule has 0 radical (unpaired) electrons. The summed E-state index contributed by atoms with van der Waals surface area (Å²) in [5.41, 5.74) is 0.866. The number of likely N-dealkylation sites (tertiary alicyclic amines) is 1. The molecule has 2 aromatic rings. The van der Waals surface area contributed by atoms with Crippen LogP contribution in [-0.2, 0) is 0 Å². The molecule has 1 unspecified atom stereocenters. The van der Waals surface area contributed by atoms with Crippen LogP contribution in [0.5, 0.6) is 5.75 Å². The van der Waals surface area contributed by atoms with Crippen LogP contribution in [0.1, 0.15) is 24.6 Å². The number of rotatable bonds is 4. The number of pyridine rings is 1. The molecule has 3 heterocycles. The van der Waals surface area contributed by atoms with Gasteiger partial charge in [0, 0.05) is 26.7 Å². The molecule has 8 nitrogen and oxygen atoms in total. The first-order chi connectivity index (χ1) is 12.1. The normalized spacial score (nSPS) is 16.6. The first-order valence-corrected chi connectivity index (χ1v) is 8.15. The molecule has 3 rings (SSSR count). The standard InChI is InChI=1S/C17H22N6O2/c1-22(2)16-9-15(19-11-20-16)21-17(24)23-8-4-5-14(23)13-7-6-12(25-3)10-18-13/h6-7,9-11,14H,4-5,8H2,1-3H3,(H,19,20,21,24). The van der Waals surface area contributed by atoms with Gasteiger partial charge in [-0.15, -0.1) is 0 Å². The van der Waals surface area contributed by atoms with Gasteiger partial charge >= 0.3 is 6.03 Å². The molecule has 132 valence electrons. The first kappa shape index (κ1) is 16.9. The van der Waals surface area contributed by atoms with Gasteiger partial charge < -0.3 is 14.5 Å². The molecule has 0 spiro atoms. The van der Waals surface area contributed by atoms with Gasteiger partial charge in [-0.1, -0.05) is 0 Å². The number of nitrogens with zero attached hydrogens (tertiary/aromatic N) is 5. The zero-order valence-electron chi connectivity index (χ0n) is 14.6. The molecule has 1 aliphatic rings. The molecule has 1 atom stereocenters. The van der Waals surface area contributed by atoms with Crippen molar-refractivity contribution in [1.29, 1.82) is 0 Å². The third kappa shape index (κ3) is 3.78. The van der Waals surface area contributed by atoms with E-state index in [4.69, 9.17) is 4.74 Å². The fourth-order valence-corrected chi connectivity index (χ4v) is 2.87. The number of ether oxygens (including phenoxy) is 1. The smallest absolute Gasteiger partial charge is 0.323 e. The summed E-state index contributed by atoms with van der Waals surface area (Å²) in [7, 11) is 5.38.